The highest BCUT2D eigenvalue weighted by Crippen LogP contribution is 2.27. The fourth-order valence-corrected chi connectivity index (χ4v) is 2.13. The van der Waals surface area contributed by atoms with Crippen molar-refractivity contribution in [2.24, 2.45) is 0 Å². The highest BCUT2D eigenvalue weighted by molar-refractivity contribution is 5.58. The normalized spacial score (nSPS) is 16.2. The number of rotatable bonds is 3. The van der Waals surface area contributed by atoms with Crippen LogP contribution >= 0.6 is 0 Å². The Morgan fingerprint density at radius 2 is 2.00 bits per heavy atom. The molecular formula is C11H17N5O2. The first kappa shape index (κ1) is 12.5. The summed E-state index contributed by atoms with van der Waals surface area (Å²) >= 11 is 0. The molecule has 0 atom stereocenters. The average Bonchev–Trinajstić information content (AvgIpc) is 2.66. The van der Waals surface area contributed by atoms with E-state index in [1.54, 1.807) is 7.05 Å². The minimum Gasteiger partial charge on any atom is -0.357 e. The van der Waals surface area contributed by atoms with Crippen molar-refractivity contribution in [2.45, 2.75) is 25.7 Å². The molecule has 0 amide bonds. The third-order valence-corrected chi connectivity index (χ3v) is 3.08. The Kier molecular flexibility index (Phi) is 3.91. The van der Waals surface area contributed by atoms with E-state index in [9.17, 15) is 10.1 Å². The SMILES string of the molecule is CNc1ncc([N+](=O)[O-])c(N2CCCCCC2)n1. The molecule has 0 aromatic carbocycles. The fraction of sp³-hybridized carbons (Fsp3) is 0.636. The number of hydrogen-bond acceptors (Lipinski definition) is 6. The maximum Gasteiger partial charge on any atom is 0.329 e. The summed E-state index contributed by atoms with van der Waals surface area (Å²) in [5.74, 6) is 0.848. The summed E-state index contributed by atoms with van der Waals surface area (Å²) < 4.78 is 0. The summed E-state index contributed by atoms with van der Waals surface area (Å²) in [4.78, 5) is 20.8. The number of aromatic nitrogens is 2. The van der Waals surface area contributed by atoms with Crippen LogP contribution < -0.4 is 10.2 Å². The minimum atomic E-state index is -0.417. The maximum absolute atomic E-state index is 11.0. The van der Waals surface area contributed by atoms with Crippen LogP contribution in [0.5, 0.6) is 0 Å². The predicted octanol–water partition coefficient (Wildman–Crippen LogP) is 1.81. The topological polar surface area (TPSA) is 84.2 Å². The van der Waals surface area contributed by atoms with Gasteiger partial charge in [-0.25, -0.2) is 4.98 Å². The molecule has 0 spiro atoms. The summed E-state index contributed by atoms with van der Waals surface area (Å²) in [6, 6.07) is 0. The second-order valence-corrected chi connectivity index (χ2v) is 4.31. The van der Waals surface area contributed by atoms with E-state index in [1.165, 1.54) is 19.0 Å². The number of hydrogen-bond donors (Lipinski definition) is 1. The highest BCUT2D eigenvalue weighted by atomic mass is 16.6. The van der Waals surface area contributed by atoms with E-state index in [4.69, 9.17) is 0 Å². The second kappa shape index (κ2) is 5.61. The van der Waals surface area contributed by atoms with E-state index >= 15 is 0 Å². The Bertz CT molecular complexity index is 429. The molecule has 1 fully saturated rings. The van der Waals surface area contributed by atoms with Crippen molar-refractivity contribution in [3.05, 3.63) is 16.3 Å². The lowest BCUT2D eigenvalue weighted by Gasteiger charge is -2.21. The van der Waals surface area contributed by atoms with Crippen molar-refractivity contribution >= 4 is 17.5 Å². The molecule has 2 heterocycles. The molecule has 1 N–H and O–H groups in total. The summed E-state index contributed by atoms with van der Waals surface area (Å²) in [6.45, 7) is 1.64. The third-order valence-electron chi connectivity index (χ3n) is 3.08. The lowest BCUT2D eigenvalue weighted by atomic mass is 10.2. The maximum atomic E-state index is 11.0. The molecule has 0 unspecified atom stereocenters. The summed E-state index contributed by atoms with van der Waals surface area (Å²) in [7, 11) is 1.70. The molecule has 18 heavy (non-hydrogen) atoms. The van der Waals surface area contributed by atoms with Gasteiger partial charge in [-0.05, 0) is 12.8 Å². The second-order valence-electron chi connectivity index (χ2n) is 4.31. The Morgan fingerprint density at radius 1 is 1.33 bits per heavy atom. The summed E-state index contributed by atoms with van der Waals surface area (Å²) in [5.41, 5.74) is -0.0177. The van der Waals surface area contributed by atoms with Crippen LogP contribution in [0, 0.1) is 10.1 Å². The van der Waals surface area contributed by atoms with Gasteiger partial charge in [0.05, 0.1) is 4.92 Å². The Labute approximate surface area is 105 Å². The predicted molar refractivity (Wildman–Crippen MR) is 68.9 cm³/mol. The molecule has 0 aliphatic carbocycles. The van der Waals surface area contributed by atoms with Gasteiger partial charge in [0.15, 0.2) is 0 Å². The molecule has 1 saturated heterocycles. The lowest BCUT2D eigenvalue weighted by molar-refractivity contribution is -0.384. The zero-order chi connectivity index (χ0) is 13.0. The summed E-state index contributed by atoms with van der Waals surface area (Å²) in [6.07, 6.45) is 5.73. The van der Waals surface area contributed by atoms with Crippen molar-refractivity contribution in [2.75, 3.05) is 30.4 Å². The van der Waals surface area contributed by atoms with Crippen LogP contribution in [0.3, 0.4) is 0 Å². The standard InChI is InChI=1S/C11H17N5O2/c1-12-11-13-8-9(16(17)18)10(14-11)15-6-4-2-3-5-7-15/h8H,2-7H2,1H3,(H,12,13,14). The first-order valence-corrected chi connectivity index (χ1v) is 6.16. The van der Waals surface area contributed by atoms with Gasteiger partial charge in [0.25, 0.3) is 0 Å². The zero-order valence-corrected chi connectivity index (χ0v) is 10.4. The van der Waals surface area contributed by atoms with Crippen molar-refractivity contribution in [1.29, 1.82) is 0 Å². The van der Waals surface area contributed by atoms with Crippen LogP contribution in [-0.4, -0.2) is 35.0 Å². The van der Waals surface area contributed by atoms with Gasteiger partial charge >= 0.3 is 5.69 Å². The first-order valence-electron chi connectivity index (χ1n) is 6.16. The molecule has 98 valence electrons. The molecule has 7 nitrogen and oxygen atoms in total. The van der Waals surface area contributed by atoms with Crippen LogP contribution in [0.2, 0.25) is 0 Å². The average molecular weight is 251 g/mol. The van der Waals surface area contributed by atoms with Gasteiger partial charge in [-0.2, -0.15) is 4.98 Å². The Morgan fingerprint density at radius 3 is 2.56 bits per heavy atom. The molecule has 1 aliphatic rings. The van der Waals surface area contributed by atoms with Crippen molar-refractivity contribution in [3.8, 4) is 0 Å². The molecule has 2 rings (SSSR count). The van der Waals surface area contributed by atoms with Gasteiger partial charge in [0.1, 0.15) is 6.20 Å². The number of nitrogens with one attached hydrogen (secondary N) is 1. The number of nitro groups is 1. The molecule has 0 saturated carbocycles. The summed E-state index contributed by atoms with van der Waals surface area (Å²) in [5, 5.41) is 13.8. The van der Waals surface area contributed by atoms with Crippen LogP contribution in [0.25, 0.3) is 0 Å². The first-order chi connectivity index (χ1) is 8.72. The zero-order valence-electron chi connectivity index (χ0n) is 10.4. The van der Waals surface area contributed by atoms with Gasteiger partial charge in [-0.15, -0.1) is 0 Å². The molecule has 1 aliphatic heterocycles. The van der Waals surface area contributed by atoms with Gasteiger partial charge < -0.3 is 10.2 Å². The van der Waals surface area contributed by atoms with Crippen molar-refractivity contribution < 1.29 is 4.92 Å². The molecular weight excluding hydrogens is 234 g/mol. The highest BCUT2D eigenvalue weighted by Gasteiger charge is 2.23. The van der Waals surface area contributed by atoms with E-state index < -0.39 is 4.92 Å². The largest absolute Gasteiger partial charge is 0.357 e. The van der Waals surface area contributed by atoms with Gasteiger partial charge in [-0.1, -0.05) is 12.8 Å². The van der Waals surface area contributed by atoms with Crippen LogP contribution in [0.15, 0.2) is 6.20 Å². The molecule has 7 heteroatoms. The molecule has 0 radical (unpaired) electrons. The number of nitrogens with zero attached hydrogens (tertiary/aromatic N) is 4. The van der Waals surface area contributed by atoms with Crippen molar-refractivity contribution in [1.82, 2.24) is 9.97 Å². The van der Waals surface area contributed by atoms with E-state index in [1.807, 2.05) is 4.90 Å². The van der Waals surface area contributed by atoms with E-state index in [0.29, 0.717) is 11.8 Å². The Hall–Kier alpha value is -1.92. The van der Waals surface area contributed by atoms with Crippen LogP contribution in [0.1, 0.15) is 25.7 Å². The lowest BCUT2D eigenvalue weighted by Crippen LogP contribution is -2.26. The fourth-order valence-electron chi connectivity index (χ4n) is 2.13. The molecule has 1 aromatic heterocycles. The van der Waals surface area contributed by atoms with Gasteiger partial charge in [-0.3, -0.25) is 10.1 Å². The smallest absolute Gasteiger partial charge is 0.329 e. The minimum absolute atomic E-state index is 0.0177. The molecule has 1 aromatic rings. The molecule has 0 bridgehead atoms. The van der Waals surface area contributed by atoms with E-state index in [0.717, 1.165) is 25.9 Å². The van der Waals surface area contributed by atoms with E-state index in [-0.39, 0.29) is 5.69 Å². The monoisotopic (exact) mass is 251 g/mol. The third kappa shape index (κ3) is 2.66. The Balaban J connectivity index is 2.35. The number of anilines is 2. The van der Waals surface area contributed by atoms with Gasteiger partial charge in [0.2, 0.25) is 11.8 Å². The van der Waals surface area contributed by atoms with Gasteiger partial charge in [0, 0.05) is 20.1 Å². The van der Waals surface area contributed by atoms with Crippen LogP contribution in [-0.2, 0) is 0 Å². The quantitative estimate of drug-likeness (QED) is 0.651. The van der Waals surface area contributed by atoms with Crippen molar-refractivity contribution in [3.63, 3.8) is 0 Å². The van der Waals surface area contributed by atoms with E-state index in [2.05, 4.69) is 15.3 Å². The van der Waals surface area contributed by atoms with Crippen LogP contribution in [0.4, 0.5) is 17.5 Å².